The summed E-state index contributed by atoms with van der Waals surface area (Å²) < 4.78 is 60.2. The highest BCUT2D eigenvalue weighted by molar-refractivity contribution is 5.93. The van der Waals surface area contributed by atoms with E-state index in [2.05, 4.69) is 15.6 Å². The van der Waals surface area contributed by atoms with Gasteiger partial charge in [-0.2, -0.15) is 13.2 Å². The average molecular weight is 414 g/mol. The van der Waals surface area contributed by atoms with Crippen molar-refractivity contribution in [3.05, 3.63) is 41.5 Å². The smallest absolute Gasteiger partial charge is 0.378 e. The third-order valence-electron chi connectivity index (χ3n) is 4.72. The molecule has 0 saturated heterocycles. The van der Waals surface area contributed by atoms with Crippen molar-refractivity contribution in [1.29, 1.82) is 0 Å². The lowest BCUT2D eigenvalue weighted by molar-refractivity contribution is -0.143. The number of amides is 1. The first-order valence-corrected chi connectivity index (χ1v) is 9.55. The quantitative estimate of drug-likeness (QED) is 0.551. The number of carbonyl (C=O) groups is 1. The highest BCUT2D eigenvalue weighted by atomic mass is 19.4. The minimum atomic E-state index is -4.90. The molecule has 29 heavy (non-hydrogen) atoms. The lowest BCUT2D eigenvalue weighted by atomic mass is 9.98. The second-order valence-corrected chi connectivity index (χ2v) is 6.92. The number of nitrogens with zero attached hydrogens (tertiary/aromatic N) is 3. The molecule has 3 rings (SSSR count). The highest BCUT2D eigenvalue weighted by Gasteiger charge is 2.42. The lowest BCUT2D eigenvalue weighted by Crippen LogP contribution is -2.29. The summed E-state index contributed by atoms with van der Waals surface area (Å²) in [5, 5.41) is 9.22. The second-order valence-electron chi connectivity index (χ2n) is 6.92. The number of aromatic nitrogens is 3. The maximum atomic E-state index is 13.5. The van der Waals surface area contributed by atoms with Crippen molar-refractivity contribution in [2.45, 2.75) is 50.8 Å². The van der Waals surface area contributed by atoms with Crippen LogP contribution in [0.15, 0.2) is 24.3 Å². The Kier molecular flexibility index (Phi) is 6.83. The Morgan fingerprint density at radius 1 is 1.24 bits per heavy atom. The van der Waals surface area contributed by atoms with E-state index in [1.54, 1.807) is 0 Å². The van der Waals surface area contributed by atoms with Gasteiger partial charge >= 0.3 is 6.18 Å². The summed E-state index contributed by atoms with van der Waals surface area (Å²) >= 11 is 0. The van der Waals surface area contributed by atoms with Gasteiger partial charge in [-0.25, -0.2) is 9.07 Å². The molecule has 1 amide bonds. The molecule has 0 aliphatic heterocycles. The fourth-order valence-electron chi connectivity index (χ4n) is 3.32. The Labute approximate surface area is 165 Å². The highest BCUT2D eigenvalue weighted by Crippen LogP contribution is 2.32. The van der Waals surface area contributed by atoms with Gasteiger partial charge in [0.2, 0.25) is 0 Å². The third kappa shape index (κ3) is 5.53. The van der Waals surface area contributed by atoms with Crippen molar-refractivity contribution < 1.29 is 27.1 Å². The van der Waals surface area contributed by atoms with Gasteiger partial charge in [0.25, 0.3) is 5.91 Å². The molecule has 0 bridgehead atoms. The fraction of sp³-hybridized carbons (Fsp3) is 0.526. The van der Waals surface area contributed by atoms with Crippen LogP contribution in [0.3, 0.4) is 0 Å². The molecule has 0 unspecified atom stereocenters. The van der Waals surface area contributed by atoms with Crippen molar-refractivity contribution >= 4 is 5.91 Å². The molecule has 1 aromatic heterocycles. The Bertz CT molecular complexity index is 832. The second kappa shape index (κ2) is 9.34. The standard InChI is InChI=1S/C19H22F4N4O2/c20-13-6-4-7-14(12-13)27-17(19(21,22)23)16(25-26-27)18(28)24-10-5-11-29-15-8-2-1-3-9-15/h4,6-7,12,15H,1-3,5,8-11H2,(H,24,28). The summed E-state index contributed by atoms with van der Waals surface area (Å²) in [5.74, 6) is -1.72. The Hall–Kier alpha value is -2.49. The van der Waals surface area contributed by atoms with Crippen LogP contribution in [0, 0.1) is 5.82 Å². The van der Waals surface area contributed by atoms with Crippen molar-refractivity contribution in [3.63, 3.8) is 0 Å². The van der Waals surface area contributed by atoms with Crippen LogP contribution in [0.2, 0.25) is 0 Å². The number of benzene rings is 1. The first-order valence-electron chi connectivity index (χ1n) is 9.55. The zero-order valence-corrected chi connectivity index (χ0v) is 15.7. The molecule has 0 radical (unpaired) electrons. The molecule has 2 aromatic rings. The average Bonchev–Trinajstić information content (AvgIpc) is 3.14. The van der Waals surface area contributed by atoms with Gasteiger partial charge in [0, 0.05) is 13.2 Å². The summed E-state index contributed by atoms with van der Waals surface area (Å²) in [6.45, 7) is 0.572. The molecule has 0 spiro atoms. The fourth-order valence-corrected chi connectivity index (χ4v) is 3.32. The number of nitrogens with one attached hydrogen (secondary N) is 1. The molecule has 0 atom stereocenters. The van der Waals surface area contributed by atoms with Gasteiger partial charge in [0.05, 0.1) is 11.8 Å². The Morgan fingerprint density at radius 3 is 2.69 bits per heavy atom. The first kappa shape index (κ1) is 21.2. The summed E-state index contributed by atoms with van der Waals surface area (Å²) in [7, 11) is 0. The van der Waals surface area contributed by atoms with Crippen LogP contribution in [0.25, 0.3) is 5.69 Å². The molecular formula is C19H22F4N4O2. The van der Waals surface area contributed by atoms with Crippen LogP contribution >= 0.6 is 0 Å². The molecule has 1 saturated carbocycles. The Morgan fingerprint density at radius 2 is 2.00 bits per heavy atom. The van der Waals surface area contributed by atoms with E-state index in [9.17, 15) is 22.4 Å². The van der Waals surface area contributed by atoms with Crippen LogP contribution < -0.4 is 5.32 Å². The van der Waals surface area contributed by atoms with Gasteiger partial charge < -0.3 is 10.1 Å². The van der Waals surface area contributed by atoms with E-state index in [-0.39, 0.29) is 18.3 Å². The molecule has 1 aliphatic carbocycles. The van der Waals surface area contributed by atoms with Crippen LogP contribution in [0.4, 0.5) is 17.6 Å². The molecule has 158 valence electrons. The molecule has 10 heteroatoms. The maximum absolute atomic E-state index is 13.5. The summed E-state index contributed by atoms with van der Waals surface area (Å²) in [6, 6.07) is 4.47. The SMILES string of the molecule is O=C(NCCCOC1CCCCC1)c1nnn(-c2cccc(F)c2)c1C(F)(F)F. The number of alkyl halides is 3. The van der Waals surface area contributed by atoms with Crippen LogP contribution in [-0.2, 0) is 10.9 Å². The normalized spacial score (nSPS) is 15.4. The Balaban J connectivity index is 1.62. The van der Waals surface area contributed by atoms with E-state index in [0.717, 1.165) is 37.8 Å². The zero-order valence-electron chi connectivity index (χ0n) is 15.7. The first-order chi connectivity index (χ1) is 13.9. The van der Waals surface area contributed by atoms with E-state index < -0.39 is 29.3 Å². The molecule has 1 heterocycles. The van der Waals surface area contributed by atoms with Gasteiger partial charge in [-0.05, 0) is 37.5 Å². The summed E-state index contributed by atoms with van der Waals surface area (Å²) in [4.78, 5) is 12.2. The van der Waals surface area contributed by atoms with Crippen LogP contribution in [0.1, 0.15) is 54.7 Å². The molecular weight excluding hydrogens is 392 g/mol. The van der Waals surface area contributed by atoms with Crippen LogP contribution in [0.5, 0.6) is 0 Å². The van der Waals surface area contributed by atoms with Gasteiger partial charge in [-0.1, -0.05) is 30.5 Å². The van der Waals surface area contributed by atoms with Crippen molar-refractivity contribution in [1.82, 2.24) is 20.3 Å². The maximum Gasteiger partial charge on any atom is 0.435 e. The number of halogens is 4. The van der Waals surface area contributed by atoms with Crippen molar-refractivity contribution in [2.24, 2.45) is 0 Å². The van der Waals surface area contributed by atoms with E-state index in [1.165, 1.54) is 18.6 Å². The summed E-state index contributed by atoms with van der Waals surface area (Å²) in [5.41, 5.74) is -2.38. The molecule has 6 nitrogen and oxygen atoms in total. The number of hydrogen-bond donors (Lipinski definition) is 1. The monoisotopic (exact) mass is 414 g/mol. The van der Waals surface area contributed by atoms with Crippen molar-refractivity contribution in [2.75, 3.05) is 13.2 Å². The van der Waals surface area contributed by atoms with E-state index in [4.69, 9.17) is 4.74 Å². The van der Waals surface area contributed by atoms with E-state index in [0.29, 0.717) is 17.7 Å². The number of hydrogen-bond acceptors (Lipinski definition) is 4. The molecule has 1 fully saturated rings. The number of ether oxygens (including phenoxy) is 1. The molecule has 1 N–H and O–H groups in total. The number of rotatable bonds is 7. The molecule has 1 aliphatic rings. The summed E-state index contributed by atoms with van der Waals surface area (Å²) in [6.07, 6.45) is 1.34. The minimum Gasteiger partial charge on any atom is -0.378 e. The predicted molar refractivity (Wildman–Crippen MR) is 96.1 cm³/mol. The molecule has 1 aromatic carbocycles. The van der Waals surface area contributed by atoms with Gasteiger partial charge in [0.1, 0.15) is 5.82 Å². The lowest BCUT2D eigenvalue weighted by Gasteiger charge is -2.21. The van der Waals surface area contributed by atoms with Gasteiger partial charge in [-0.15, -0.1) is 5.10 Å². The van der Waals surface area contributed by atoms with Crippen molar-refractivity contribution in [3.8, 4) is 5.69 Å². The predicted octanol–water partition coefficient (Wildman–Crippen LogP) is 3.89. The minimum absolute atomic E-state index is 0.148. The van der Waals surface area contributed by atoms with Gasteiger partial charge in [-0.3, -0.25) is 4.79 Å². The van der Waals surface area contributed by atoms with Gasteiger partial charge in [0.15, 0.2) is 11.4 Å². The zero-order chi connectivity index (χ0) is 20.9. The van der Waals surface area contributed by atoms with Crippen LogP contribution in [-0.4, -0.2) is 40.2 Å². The van der Waals surface area contributed by atoms with E-state index >= 15 is 0 Å². The number of carbonyl (C=O) groups excluding carboxylic acids is 1. The van der Waals surface area contributed by atoms with E-state index in [1.807, 2.05) is 0 Å². The third-order valence-corrected chi connectivity index (χ3v) is 4.72. The largest absolute Gasteiger partial charge is 0.435 e. The topological polar surface area (TPSA) is 69.0 Å².